The van der Waals surface area contributed by atoms with Crippen molar-refractivity contribution in [2.45, 2.75) is 43.2 Å². The van der Waals surface area contributed by atoms with E-state index >= 15 is 26.3 Å². The zero-order chi connectivity index (χ0) is 43.3. The van der Waals surface area contributed by atoms with Crippen LogP contribution in [0.4, 0.5) is 65.9 Å². The summed E-state index contributed by atoms with van der Waals surface area (Å²) in [5.41, 5.74) is -20.8. The SMILES string of the molecule is CC(C#N)(c1c(Cl)c(F)c(C(F)(F)F)c(F)c1Cl)C1C(=C(C#N)c2c(Cl)c(F)c(C(F)(F)F)c(F)c2Cl)C1[C@](C)(C#N)c1c(Cl)c(F)c(C(F)(F)F)c(F)c1Cl. The summed E-state index contributed by atoms with van der Waals surface area (Å²) < 4.78 is 214. The minimum atomic E-state index is -5.85. The lowest BCUT2D eigenvalue weighted by molar-refractivity contribution is -0.143. The topological polar surface area (TPSA) is 71.4 Å². The summed E-state index contributed by atoms with van der Waals surface area (Å²) in [6, 6.07) is 4.02. The number of allylic oxidation sites excluding steroid dienone is 2. The maximum atomic E-state index is 15.3. The predicted molar refractivity (Wildman–Crippen MR) is 170 cm³/mol. The van der Waals surface area contributed by atoms with Crippen LogP contribution in [-0.4, -0.2) is 0 Å². The van der Waals surface area contributed by atoms with Crippen molar-refractivity contribution in [2.24, 2.45) is 11.8 Å². The van der Waals surface area contributed by atoms with Gasteiger partial charge in [0.25, 0.3) is 0 Å². The van der Waals surface area contributed by atoms with Crippen LogP contribution in [0.25, 0.3) is 5.57 Å². The average molecular weight is 932 g/mol. The Labute approximate surface area is 332 Å². The fourth-order valence-electron chi connectivity index (χ4n) is 6.46. The Morgan fingerprint density at radius 1 is 0.446 bits per heavy atom. The highest BCUT2D eigenvalue weighted by Crippen LogP contribution is 2.69. The summed E-state index contributed by atoms with van der Waals surface area (Å²) in [6.07, 6.45) is -17.5. The molecule has 0 amide bonds. The third-order valence-electron chi connectivity index (χ3n) is 8.93. The highest BCUT2D eigenvalue weighted by atomic mass is 35.5. The highest BCUT2D eigenvalue weighted by molar-refractivity contribution is 6.39. The van der Waals surface area contributed by atoms with Gasteiger partial charge in [-0.15, -0.1) is 0 Å². The fourth-order valence-corrected chi connectivity index (χ4v) is 8.72. The molecule has 0 radical (unpaired) electrons. The van der Waals surface area contributed by atoms with Gasteiger partial charge in [0.15, 0.2) is 34.9 Å². The first kappa shape index (κ1) is 45.3. The molecular weight excluding hydrogens is 924 g/mol. The van der Waals surface area contributed by atoms with E-state index in [0.717, 1.165) is 0 Å². The zero-order valence-electron chi connectivity index (χ0n) is 26.4. The van der Waals surface area contributed by atoms with Crippen LogP contribution in [-0.2, 0) is 29.4 Å². The van der Waals surface area contributed by atoms with Crippen molar-refractivity contribution in [3.8, 4) is 18.2 Å². The maximum absolute atomic E-state index is 15.3. The van der Waals surface area contributed by atoms with Crippen molar-refractivity contribution in [1.82, 2.24) is 0 Å². The molecule has 56 heavy (non-hydrogen) atoms. The normalized spacial score (nSPS) is 19.1. The summed E-state index contributed by atoms with van der Waals surface area (Å²) >= 11 is 35.2. The van der Waals surface area contributed by atoms with Crippen LogP contribution in [0, 0.1) is 80.7 Å². The lowest BCUT2D eigenvalue weighted by Gasteiger charge is -2.30. The quantitative estimate of drug-likeness (QED) is 0.145. The van der Waals surface area contributed by atoms with Crippen molar-refractivity contribution in [3.63, 3.8) is 0 Å². The molecule has 24 heteroatoms. The Kier molecular flexibility index (Phi) is 11.7. The monoisotopic (exact) mass is 929 g/mol. The van der Waals surface area contributed by atoms with Crippen LogP contribution >= 0.6 is 69.6 Å². The fraction of sp³-hybridized carbons (Fsp3) is 0.281. The second kappa shape index (κ2) is 14.4. The number of hydrogen-bond acceptors (Lipinski definition) is 3. The van der Waals surface area contributed by atoms with E-state index in [1.165, 1.54) is 18.2 Å². The van der Waals surface area contributed by atoms with Gasteiger partial charge in [0, 0.05) is 28.5 Å². The summed E-state index contributed by atoms with van der Waals surface area (Å²) in [4.78, 5) is 0. The number of benzene rings is 3. The van der Waals surface area contributed by atoms with E-state index in [0.29, 0.717) is 13.8 Å². The lowest BCUT2D eigenvalue weighted by atomic mass is 9.71. The van der Waals surface area contributed by atoms with Crippen molar-refractivity contribution >= 4 is 75.2 Å². The van der Waals surface area contributed by atoms with Gasteiger partial charge in [-0.2, -0.15) is 55.3 Å². The Hall–Kier alpha value is -3.44. The maximum Gasteiger partial charge on any atom is 0.422 e. The minimum absolute atomic E-state index is 0.581. The lowest BCUT2D eigenvalue weighted by Crippen LogP contribution is -2.32. The second-order valence-electron chi connectivity index (χ2n) is 12.0. The molecule has 1 aliphatic rings. The Balaban J connectivity index is 2.29. The number of hydrogen-bond donors (Lipinski definition) is 0. The Morgan fingerprint density at radius 3 is 0.875 bits per heavy atom. The summed E-state index contributed by atoms with van der Waals surface area (Å²) in [6.45, 7) is 1.16. The van der Waals surface area contributed by atoms with E-state index < -0.39 is 151 Å². The van der Waals surface area contributed by atoms with Crippen molar-refractivity contribution < 1.29 is 65.9 Å². The number of nitrogens with zero attached hydrogens (tertiary/aromatic N) is 3. The first-order valence-corrected chi connectivity index (χ1v) is 16.4. The molecule has 3 aromatic rings. The van der Waals surface area contributed by atoms with Crippen LogP contribution in [0.2, 0.25) is 30.1 Å². The van der Waals surface area contributed by atoms with Gasteiger partial charge in [0.1, 0.15) is 16.7 Å². The van der Waals surface area contributed by atoms with E-state index in [9.17, 15) is 55.3 Å². The van der Waals surface area contributed by atoms with Crippen LogP contribution in [0.3, 0.4) is 0 Å². The van der Waals surface area contributed by atoms with Crippen LogP contribution < -0.4 is 0 Å². The van der Waals surface area contributed by atoms with Crippen molar-refractivity contribution in [3.05, 3.63) is 104 Å². The molecule has 0 aromatic heterocycles. The molecule has 0 bridgehead atoms. The van der Waals surface area contributed by atoms with Gasteiger partial charge in [0.05, 0.1) is 64.7 Å². The van der Waals surface area contributed by atoms with Crippen LogP contribution in [0.15, 0.2) is 5.57 Å². The second-order valence-corrected chi connectivity index (χ2v) is 14.3. The molecule has 1 aliphatic carbocycles. The van der Waals surface area contributed by atoms with Gasteiger partial charge in [-0.25, -0.2) is 26.3 Å². The molecule has 1 saturated carbocycles. The molecule has 298 valence electrons. The molecular formula is C32H8Cl6F15N3. The van der Waals surface area contributed by atoms with Gasteiger partial charge in [-0.3, -0.25) is 0 Å². The van der Waals surface area contributed by atoms with E-state index in [-0.39, 0.29) is 0 Å². The molecule has 1 fully saturated rings. The number of halogens is 21. The third kappa shape index (κ3) is 6.66. The minimum Gasteiger partial charge on any atom is -0.205 e. The van der Waals surface area contributed by atoms with Gasteiger partial charge >= 0.3 is 18.5 Å². The van der Waals surface area contributed by atoms with E-state index in [1.54, 1.807) is 0 Å². The first-order chi connectivity index (χ1) is 25.4. The van der Waals surface area contributed by atoms with Gasteiger partial charge < -0.3 is 0 Å². The molecule has 0 heterocycles. The standard InChI is InChI=1S/C32H8Cl6F15N3/c1-28(4-55,11-18(35)24(41)14(31(48,49)50)25(42)19(11)36)9-7(6(3-54)8-16(33)22(39)13(30(45,46)47)23(40)17(8)34)10(9)29(2,5-56)12-20(37)26(43)15(32(51,52)53)27(44)21(12)38/h9-10H,1-2H3/t9?,10?,28-,29?/m0/s1. The predicted octanol–water partition coefficient (Wildman–Crippen LogP) is 14.0. The molecule has 0 saturated heterocycles. The molecule has 3 nitrogen and oxygen atoms in total. The Bertz CT molecular complexity index is 2200. The summed E-state index contributed by atoms with van der Waals surface area (Å²) in [5.74, 6) is -20.3. The number of alkyl halides is 9. The van der Waals surface area contributed by atoms with E-state index in [2.05, 4.69) is 0 Å². The number of nitriles is 3. The van der Waals surface area contributed by atoms with Crippen LogP contribution in [0.1, 0.15) is 47.2 Å². The molecule has 0 N–H and O–H groups in total. The van der Waals surface area contributed by atoms with Gasteiger partial charge in [0.2, 0.25) is 0 Å². The van der Waals surface area contributed by atoms with Crippen molar-refractivity contribution in [1.29, 1.82) is 15.8 Å². The smallest absolute Gasteiger partial charge is 0.205 e. The van der Waals surface area contributed by atoms with Gasteiger partial charge in [-0.05, 0) is 19.4 Å². The summed E-state index contributed by atoms with van der Waals surface area (Å²) in [5, 5.41) is 20.8. The molecule has 4 rings (SSSR count). The summed E-state index contributed by atoms with van der Waals surface area (Å²) in [7, 11) is 0. The molecule has 4 atom stereocenters. The molecule has 3 unspecified atom stereocenters. The van der Waals surface area contributed by atoms with Gasteiger partial charge in [-0.1, -0.05) is 69.6 Å². The molecule has 3 aromatic carbocycles. The van der Waals surface area contributed by atoms with Crippen molar-refractivity contribution in [2.75, 3.05) is 0 Å². The van der Waals surface area contributed by atoms with E-state index in [1.807, 2.05) is 0 Å². The number of rotatable bonds is 5. The first-order valence-electron chi connectivity index (χ1n) is 14.1. The zero-order valence-corrected chi connectivity index (χ0v) is 31.0. The third-order valence-corrected chi connectivity index (χ3v) is 11.1. The Morgan fingerprint density at radius 2 is 0.679 bits per heavy atom. The molecule has 0 spiro atoms. The van der Waals surface area contributed by atoms with Crippen LogP contribution in [0.5, 0.6) is 0 Å². The average Bonchev–Trinajstić information content (AvgIpc) is 3.82. The largest absolute Gasteiger partial charge is 0.422 e. The van der Waals surface area contributed by atoms with E-state index in [4.69, 9.17) is 69.6 Å². The molecule has 0 aliphatic heterocycles. The highest BCUT2D eigenvalue weighted by Gasteiger charge is 2.67.